The number of methoxy groups -OCH3 is 1. The third-order valence-corrected chi connectivity index (χ3v) is 2.95. The Morgan fingerprint density at radius 1 is 1.37 bits per heavy atom. The highest BCUT2D eigenvalue weighted by molar-refractivity contribution is 6.32. The van der Waals surface area contributed by atoms with Gasteiger partial charge in [0.1, 0.15) is 5.75 Å². The van der Waals surface area contributed by atoms with E-state index in [1.54, 1.807) is 7.11 Å². The van der Waals surface area contributed by atoms with Crippen LogP contribution in [0.1, 0.15) is 19.5 Å². The van der Waals surface area contributed by atoms with E-state index in [0.717, 1.165) is 17.3 Å². The molecule has 0 radical (unpaired) electrons. The van der Waals surface area contributed by atoms with Crippen molar-refractivity contribution in [3.05, 3.63) is 35.1 Å². The Bertz CT molecular complexity index is 578. The van der Waals surface area contributed by atoms with Gasteiger partial charge in [-0.2, -0.15) is 0 Å². The Balaban J connectivity index is 2.43. The average Bonchev–Trinajstić information content (AvgIpc) is 2.69. The first-order valence-corrected chi connectivity index (χ1v) is 6.55. The maximum atomic E-state index is 6.17. The molecule has 0 fully saturated rings. The highest BCUT2D eigenvalue weighted by atomic mass is 35.5. The van der Waals surface area contributed by atoms with Crippen LogP contribution in [0.2, 0.25) is 5.02 Å². The van der Waals surface area contributed by atoms with E-state index >= 15 is 0 Å². The minimum atomic E-state index is 0.314. The van der Waals surface area contributed by atoms with Crippen LogP contribution in [0.3, 0.4) is 0 Å². The Kier molecular flexibility index (Phi) is 4.00. The van der Waals surface area contributed by atoms with Crippen molar-refractivity contribution >= 4 is 17.5 Å². The summed E-state index contributed by atoms with van der Waals surface area (Å²) >= 11 is 6.17. The lowest BCUT2D eigenvalue weighted by molar-refractivity contribution is 0.415. The van der Waals surface area contributed by atoms with Gasteiger partial charge in [-0.1, -0.05) is 11.6 Å². The van der Waals surface area contributed by atoms with Crippen LogP contribution in [0, 0.1) is 6.92 Å². The first-order valence-electron chi connectivity index (χ1n) is 6.17. The highest BCUT2D eigenvalue weighted by Gasteiger charge is 2.10. The highest BCUT2D eigenvalue weighted by Crippen LogP contribution is 2.28. The molecule has 1 N–H and O–H groups in total. The molecular weight excluding hydrogens is 262 g/mol. The third-order valence-electron chi connectivity index (χ3n) is 2.66. The summed E-state index contributed by atoms with van der Waals surface area (Å²) in [7, 11) is 1.61. The second-order valence-corrected chi connectivity index (χ2v) is 5.10. The normalized spacial score (nSPS) is 10.8. The quantitative estimate of drug-likeness (QED) is 0.928. The predicted molar refractivity (Wildman–Crippen MR) is 78.6 cm³/mol. The predicted octanol–water partition coefficient (Wildman–Crippen LogP) is 3.66. The molecule has 0 aliphatic heterocycles. The minimum Gasteiger partial charge on any atom is -0.495 e. The largest absolute Gasteiger partial charge is 0.495 e. The molecule has 0 spiro atoms. The second-order valence-electron chi connectivity index (χ2n) is 4.69. The van der Waals surface area contributed by atoms with Crippen molar-refractivity contribution in [2.75, 3.05) is 12.4 Å². The zero-order valence-corrected chi connectivity index (χ0v) is 12.3. The molecule has 0 saturated carbocycles. The van der Waals surface area contributed by atoms with E-state index in [9.17, 15) is 0 Å². The van der Waals surface area contributed by atoms with Gasteiger partial charge in [0, 0.05) is 12.2 Å². The zero-order valence-electron chi connectivity index (χ0n) is 11.6. The van der Waals surface area contributed by atoms with E-state index < -0.39 is 0 Å². The SMILES string of the molecule is COc1ccc(-n2cc(C)nc2NC(C)C)cc1Cl. The van der Waals surface area contributed by atoms with Gasteiger partial charge in [0.05, 0.1) is 23.5 Å². The lowest BCUT2D eigenvalue weighted by Gasteiger charge is -2.13. The molecule has 19 heavy (non-hydrogen) atoms. The van der Waals surface area contributed by atoms with Crippen molar-refractivity contribution in [3.8, 4) is 11.4 Å². The van der Waals surface area contributed by atoms with Gasteiger partial charge >= 0.3 is 0 Å². The van der Waals surface area contributed by atoms with E-state index in [4.69, 9.17) is 16.3 Å². The summed E-state index contributed by atoms with van der Waals surface area (Å²) in [5.74, 6) is 1.48. The lowest BCUT2D eigenvalue weighted by atomic mass is 10.3. The smallest absolute Gasteiger partial charge is 0.207 e. The molecule has 2 rings (SSSR count). The summed E-state index contributed by atoms with van der Waals surface area (Å²) < 4.78 is 7.15. The summed E-state index contributed by atoms with van der Waals surface area (Å²) in [6.07, 6.45) is 1.98. The van der Waals surface area contributed by atoms with Crippen LogP contribution in [-0.2, 0) is 0 Å². The summed E-state index contributed by atoms with van der Waals surface area (Å²) in [6.45, 7) is 6.12. The Hall–Kier alpha value is -1.68. The van der Waals surface area contributed by atoms with Gasteiger partial charge in [0.2, 0.25) is 5.95 Å². The fourth-order valence-electron chi connectivity index (χ4n) is 1.86. The summed E-state index contributed by atoms with van der Waals surface area (Å²) in [6, 6.07) is 5.99. The molecule has 5 heteroatoms. The second kappa shape index (κ2) is 5.53. The van der Waals surface area contributed by atoms with Gasteiger partial charge in [-0.15, -0.1) is 0 Å². The molecule has 1 aromatic heterocycles. The first-order chi connectivity index (χ1) is 9.01. The minimum absolute atomic E-state index is 0.314. The maximum Gasteiger partial charge on any atom is 0.207 e. The third kappa shape index (κ3) is 3.01. The van der Waals surface area contributed by atoms with Gasteiger partial charge < -0.3 is 10.1 Å². The van der Waals surface area contributed by atoms with Crippen molar-refractivity contribution in [1.82, 2.24) is 9.55 Å². The Morgan fingerprint density at radius 3 is 2.68 bits per heavy atom. The van der Waals surface area contributed by atoms with Crippen molar-refractivity contribution in [2.24, 2.45) is 0 Å². The molecular formula is C14H18ClN3O. The summed E-state index contributed by atoms with van der Waals surface area (Å²) in [4.78, 5) is 4.48. The van der Waals surface area contributed by atoms with E-state index in [1.165, 1.54) is 0 Å². The molecule has 1 aromatic carbocycles. The van der Waals surface area contributed by atoms with Crippen molar-refractivity contribution in [2.45, 2.75) is 26.8 Å². The number of halogens is 1. The molecule has 0 bridgehead atoms. The fraction of sp³-hybridized carbons (Fsp3) is 0.357. The van der Waals surface area contributed by atoms with Gasteiger partial charge in [-0.25, -0.2) is 4.98 Å². The molecule has 1 heterocycles. The first kappa shape index (κ1) is 13.7. The van der Waals surface area contributed by atoms with E-state index in [-0.39, 0.29) is 0 Å². The number of nitrogens with zero attached hydrogens (tertiary/aromatic N) is 2. The molecule has 2 aromatic rings. The van der Waals surface area contributed by atoms with Crippen LogP contribution < -0.4 is 10.1 Å². The molecule has 102 valence electrons. The van der Waals surface area contributed by atoms with Gasteiger partial charge in [0.15, 0.2) is 0 Å². The van der Waals surface area contributed by atoms with Gasteiger partial charge in [-0.3, -0.25) is 4.57 Å². The summed E-state index contributed by atoms with van der Waals surface area (Å²) in [5, 5.41) is 3.90. The van der Waals surface area contributed by atoms with Crippen molar-refractivity contribution in [3.63, 3.8) is 0 Å². The standard InChI is InChI=1S/C14H18ClN3O/c1-9(2)16-14-17-10(3)8-18(14)11-5-6-13(19-4)12(15)7-11/h5-9H,1-4H3,(H,16,17). The fourth-order valence-corrected chi connectivity index (χ4v) is 2.11. The molecule has 0 atom stereocenters. The van der Waals surface area contributed by atoms with Crippen LogP contribution in [-0.4, -0.2) is 22.7 Å². The monoisotopic (exact) mass is 279 g/mol. The van der Waals surface area contributed by atoms with Crippen LogP contribution >= 0.6 is 11.6 Å². The van der Waals surface area contributed by atoms with Crippen LogP contribution in [0.5, 0.6) is 5.75 Å². The lowest BCUT2D eigenvalue weighted by Crippen LogP contribution is -2.13. The van der Waals surface area contributed by atoms with Gasteiger partial charge in [-0.05, 0) is 39.0 Å². The number of rotatable bonds is 4. The molecule has 4 nitrogen and oxygen atoms in total. The number of benzene rings is 1. The number of anilines is 1. The Labute approximate surface area is 118 Å². The average molecular weight is 280 g/mol. The molecule has 0 aliphatic rings. The number of ether oxygens (including phenoxy) is 1. The molecule has 0 amide bonds. The van der Waals surface area contributed by atoms with E-state index in [0.29, 0.717) is 16.8 Å². The van der Waals surface area contributed by atoms with Crippen LogP contribution in [0.15, 0.2) is 24.4 Å². The van der Waals surface area contributed by atoms with E-state index in [1.807, 2.05) is 35.9 Å². The number of aryl methyl sites for hydroxylation is 1. The summed E-state index contributed by atoms with van der Waals surface area (Å²) in [5.41, 5.74) is 1.91. The number of imidazole rings is 1. The van der Waals surface area contributed by atoms with Crippen molar-refractivity contribution < 1.29 is 4.74 Å². The van der Waals surface area contributed by atoms with Crippen molar-refractivity contribution in [1.29, 1.82) is 0 Å². The number of hydrogen-bond donors (Lipinski definition) is 1. The molecule has 0 unspecified atom stereocenters. The number of aromatic nitrogens is 2. The van der Waals surface area contributed by atoms with E-state index in [2.05, 4.69) is 24.1 Å². The maximum absolute atomic E-state index is 6.17. The topological polar surface area (TPSA) is 39.1 Å². The molecule has 0 saturated heterocycles. The zero-order chi connectivity index (χ0) is 14.0. The number of nitrogens with one attached hydrogen (secondary N) is 1. The van der Waals surface area contributed by atoms with Crippen LogP contribution in [0.25, 0.3) is 5.69 Å². The Morgan fingerprint density at radius 2 is 2.11 bits per heavy atom. The van der Waals surface area contributed by atoms with Crippen LogP contribution in [0.4, 0.5) is 5.95 Å². The number of hydrogen-bond acceptors (Lipinski definition) is 3. The molecule has 0 aliphatic carbocycles. The van der Waals surface area contributed by atoms with Gasteiger partial charge in [0.25, 0.3) is 0 Å².